The smallest absolute Gasteiger partial charge is 0.119 e. The van der Waals surface area contributed by atoms with E-state index >= 15 is 0 Å². The van der Waals surface area contributed by atoms with Gasteiger partial charge in [0.25, 0.3) is 0 Å². The van der Waals surface area contributed by atoms with E-state index < -0.39 is 0 Å². The molecule has 3 heteroatoms. The molecule has 1 aromatic heterocycles. The Bertz CT molecular complexity index is 757. The van der Waals surface area contributed by atoms with Crippen LogP contribution in [0.15, 0.2) is 65.7 Å². The monoisotopic (exact) mass is 309 g/mol. The summed E-state index contributed by atoms with van der Waals surface area (Å²) >= 11 is 1.78. The number of benzene rings is 2. The minimum Gasteiger partial charge on any atom is -0.494 e. The molecule has 3 aromatic rings. The summed E-state index contributed by atoms with van der Waals surface area (Å²) in [6.45, 7) is 2.82. The zero-order chi connectivity index (χ0) is 15.2. The first-order chi connectivity index (χ1) is 10.8. The van der Waals surface area contributed by atoms with E-state index in [4.69, 9.17) is 4.74 Å². The molecule has 0 bridgehead atoms. The van der Waals surface area contributed by atoms with Crippen LogP contribution in [0.5, 0.6) is 5.75 Å². The van der Waals surface area contributed by atoms with Gasteiger partial charge in [-0.1, -0.05) is 36.4 Å². The number of para-hydroxylation sites is 1. The molecule has 0 atom stereocenters. The van der Waals surface area contributed by atoms with E-state index in [-0.39, 0.29) is 0 Å². The fraction of sp³-hybridized carbons (Fsp3) is 0.211. The van der Waals surface area contributed by atoms with Gasteiger partial charge >= 0.3 is 0 Å². The normalized spacial score (nSPS) is 10.8. The summed E-state index contributed by atoms with van der Waals surface area (Å²) in [5.41, 5.74) is 2.29. The number of aromatic nitrogens is 1. The van der Waals surface area contributed by atoms with Crippen molar-refractivity contribution in [1.82, 2.24) is 4.98 Å². The molecule has 2 aromatic carbocycles. The molecule has 0 fully saturated rings. The molecule has 0 radical (unpaired) electrons. The summed E-state index contributed by atoms with van der Waals surface area (Å²) in [7, 11) is 0. The third kappa shape index (κ3) is 4.01. The quantitative estimate of drug-likeness (QED) is 0.467. The number of aryl methyl sites for hydroxylation is 1. The second-order valence-electron chi connectivity index (χ2n) is 5.21. The molecule has 0 unspecified atom stereocenters. The van der Waals surface area contributed by atoms with Crippen LogP contribution < -0.4 is 4.74 Å². The Morgan fingerprint density at radius 1 is 1.00 bits per heavy atom. The van der Waals surface area contributed by atoms with Crippen LogP contribution in [0.4, 0.5) is 0 Å². The summed E-state index contributed by atoms with van der Waals surface area (Å²) in [4.78, 5) is 4.66. The maximum atomic E-state index is 5.76. The summed E-state index contributed by atoms with van der Waals surface area (Å²) in [6.07, 6.45) is 1.01. The van der Waals surface area contributed by atoms with Crippen LogP contribution in [0.1, 0.15) is 12.0 Å². The van der Waals surface area contributed by atoms with Crippen molar-refractivity contribution in [1.29, 1.82) is 0 Å². The fourth-order valence-corrected chi connectivity index (χ4v) is 3.06. The van der Waals surface area contributed by atoms with Crippen molar-refractivity contribution in [3.63, 3.8) is 0 Å². The first-order valence-corrected chi connectivity index (χ1v) is 8.48. The van der Waals surface area contributed by atoms with Gasteiger partial charge in [-0.05, 0) is 43.2 Å². The number of fused-ring (bicyclic) bond motifs is 1. The highest BCUT2D eigenvalue weighted by molar-refractivity contribution is 7.99. The molecule has 0 amide bonds. The molecule has 0 N–H and O–H groups in total. The highest BCUT2D eigenvalue weighted by Gasteiger charge is 1.99. The van der Waals surface area contributed by atoms with Crippen molar-refractivity contribution in [3.05, 3.63) is 66.2 Å². The van der Waals surface area contributed by atoms with E-state index in [1.54, 1.807) is 11.8 Å². The van der Waals surface area contributed by atoms with Crippen molar-refractivity contribution in [2.24, 2.45) is 0 Å². The van der Waals surface area contributed by atoms with E-state index in [2.05, 4.69) is 48.3 Å². The lowest BCUT2D eigenvalue weighted by Crippen LogP contribution is -1.99. The van der Waals surface area contributed by atoms with E-state index in [0.717, 1.165) is 35.1 Å². The molecule has 0 saturated heterocycles. The second-order valence-corrected chi connectivity index (χ2v) is 6.32. The number of rotatable bonds is 6. The van der Waals surface area contributed by atoms with Crippen LogP contribution >= 0.6 is 11.8 Å². The zero-order valence-electron chi connectivity index (χ0n) is 12.7. The SMILES string of the molecule is Cc1cccc(OCCCSc2ccc3ccccc3n2)c1. The minimum atomic E-state index is 0.740. The van der Waals surface area contributed by atoms with Crippen molar-refractivity contribution >= 4 is 22.7 Å². The van der Waals surface area contributed by atoms with Gasteiger partial charge in [-0.2, -0.15) is 0 Å². The lowest BCUT2D eigenvalue weighted by molar-refractivity contribution is 0.318. The summed E-state index contributed by atoms with van der Waals surface area (Å²) in [5, 5.41) is 2.27. The van der Waals surface area contributed by atoms with Crippen molar-refractivity contribution in [2.45, 2.75) is 18.4 Å². The predicted molar refractivity (Wildman–Crippen MR) is 93.8 cm³/mol. The molecule has 0 spiro atoms. The first kappa shape index (κ1) is 14.9. The summed E-state index contributed by atoms with van der Waals surface area (Å²) < 4.78 is 5.76. The van der Waals surface area contributed by atoms with Gasteiger partial charge in [0.05, 0.1) is 17.1 Å². The molecule has 0 aliphatic heterocycles. The molecule has 0 aliphatic carbocycles. The largest absolute Gasteiger partial charge is 0.494 e. The lowest BCUT2D eigenvalue weighted by Gasteiger charge is -2.07. The van der Waals surface area contributed by atoms with Gasteiger partial charge < -0.3 is 4.74 Å². The van der Waals surface area contributed by atoms with Crippen molar-refractivity contribution in [3.8, 4) is 5.75 Å². The topological polar surface area (TPSA) is 22.1 Å². The minimum absolute atomic E-state index is 0.740. The zero-order valence-corrected chi connectivity index (χ0v) is 13.5. The van der Waals surface area contributed by atoms with Gasteiger partial charge in [-0.25, -0.2) is 4.98 Å². The van der Waals surface area contributed by atoms with Gasteiger partial charge in [0.2, 0.25) is 0 Å². The molecule has 2 nitrogen and oxygen atoms in total. The number of nitrogens with zero attached hydrogens (tertiary/aromatic N) is 1. The van der Waals surface area contributed by atoms with Crippen LogP contribution in [-0.4, -0.2) is 17.3 Å². The summed E-state index contributed by atoms with van der Waals surface area (Å²) in [5.74, 6) is 1.96. The van der Waals surface area contributed by atoms with Gasteiger partial charge in [0.1, 0.15) is 5.75 Å². The Hall–Kier alpha value is -2.00. The predicted octanol–water partition coefficient (Wildman–Crippen LogP) is 5.10. The highest BCUT2D eigenvalue weighted by Crippen LogP contribution is 2.20. The lowest BCUT2D eigenvalue weighted by atomic mass is 10.2. The van der Waals surface area contributed by atoms with E-state index in [0.29, 0.717) is 0 Å². The van der Waals surface area contributed by atoms with Gasteiger partial charge in [0, 0.05) is 11.1 Å². The highest BCUT2D eigenvalue weighted by atomic mass is 32.2. The molecule has 0 saturated carbocycles. The first-order valence-electron chi connectivity index (χ1n) is 7.49. The average molecular weight is 309 g/mol. The van der Waals surface area contributed by atoms with Crippen LogP contribution in [0, 0.1) is 6.92 Å². The fourth-order valence-electron chi connectivity index (χ4n) is 2.26. The van der Waals surface area contributed by atoms with E-state index in [9.17, 15) is 0 Å². The van der Waals surface area contributed by atoms with Crippen LogP contribution in [0.25, 0.3) is 10.9 Å². The molecule has 1 heterocycles. The number of thioether (sulfide) groups is 1. The molecular formula is C19H19NOS. The third-order valence-electron chi connectivity index (χ3n) is 3.37. The molecular weight excluding hydrogens is 290 g/mol. The number of hydrogen-bond acceptors (Lipinski definition) is 3. The Kier molecular flexibility index (Phi) is 4.96. The van der Waals surface area contributed by atoms with Crippen molar-refractivity contribution < 1.29 is 4.74 Å². The van der Waals surface area contributed by atoms with Crippen LogP contribution in [-0.2, 0) is 0 Å². The van der Waals surface area contributed by atoms with Gasteiger partial charge in [-0.15, -0.1) is 11.8 Å². The molecule has 0 aliphatic rings. The van der Waals surface area contributed by atoms with Gasteiger partial charge in [0.15, 0.2) is 0 Å². The number of hydrogen-bond donors (Lipinski definition) is 0. The number of ether oxygens (including phenoxy) is 1. The Morgan fingerprint density at radius 2 is 1.91 bits per heavy atom. The number of pyridine rings is 1. The Labute approximate surface area is 135 Å². The maximum absolute atomic E-state index is 5.76. The van der Waals surface area contributed by atoms with Crippen LogP contribution in [0.2, 0.25) is 0 Å². The van der Waals surface area contributed by atoms with E-state index in [1.165, 1.54) is 10.9 Å². The second kappa shape index (κ2) is 7.32. The van der Waals surface area contributed by atoms with Crippen LogP contribution in [0.3, 0.4) is 0 Å². The van der Waals surface area contributed by atoms with Gasteiger partial charge in [-0.3, -0.25) is 0 Å². The maximum Gasteiger partial charge on any atom is 0.119 e. The van der Waals surface area contributed by atoms with Crippen molar-refractivity contribution in [2.75, 3.05) is 12.4 Å². The summed E-state index contributed by atoms with van der Waals surface area (Å²) in [6, 6.07) is 20.6. The standard InChI is InChI=1S/C19H19NOS/c1-15-6-4-8-17(14-15)21-12-5-13-22-19-11-10-16-7-2-3-9-18(16)20-19/h2-4,6-11,14H,5,12-13H2,1H3. The molecule has 112 valence electrons. The van der Waals surface area contributed by atoms with E-state index in [1.807, 2.05) is 24.3 Å². The Morgan fingerprint density at radius 3 is 2.82 bits per heavy atom. The Balaban J connectivity index is 1.46. The molecule has 22 heavy (non-hydrogen) atoms. The average Bonchev–Trinajstić information content (AvgIpc) is 2.54. The molecule has 3 rings (SSSR count). The third-order valence-corrected chi connectivity index (χ3v) is 4.39.